The largest absolute Gasteiger partial charge is 0.356 e. The van der Waals surface area contributed by atoms with E-state index < -0.39 is 16.3 Å². The quantitative estimate of drug-likeness (QED) is 0.614. The fraction of sp³-hybridized carbons (Fsp3) is 1.00. The number of nitrogens with zero attached hydrogens (tertiary/aromatic N) is 1. The van der Waals surface area contributed by atoms with E-state index >= 15 is 0 Å². The van der Waals surface area contributed by atoms with E-state index in [-0.39, 0.29) is 18.1 Å². The van der Waals surface area contributed by atoms with Crippen LogP contribution in [-0.2, 0) is 29.0 Å². The molecular weight excluding hydrogens is 310 g/mol. The van der Waals surface area contributed by atoms with E-state index in [0.717, 1.165) is 19.3 Å². The predicted molar refractivity (Wildman–Crippen MR) is 80.9 cm³/mol. The van der Waals surface area contributed by atoms with Crippen LogP contribution < -0.4 is 0 Å². The van der Waals surface area contributed by atoms with E-state index in [9.17, 15) is 8.42 Å². The summed E-state index contributed by atoms with van der Waals surface area (Å²) in [5.41, 5.74) is 0. The van der Waals surface area contributed by atoms with Gasteiger partial charge in [-0.05, 0) is 12.8 Å². The Morgan fingerprint density at radius 2 is 1.86 bits per heavy atom. The summed E-state index contributed by atoms with van der Waals surface area (Å²) in [7, 11) is -0.301. The highest BCUT2D eigenvalue weighted by Crippen LogP contribution is 2.26. The van der Waals surface area contributed by atoms with Crippen LogP contribution in [0, 0.1) is 0 Å². The summed E-state index contributed by atoms with van der Waals surface area (Å²) in [5, 5.41) is 0. The molecule has 2 saturated heterocycles. The van der Waals surface area contributed by atoms with Crippen molar-refractivity contribution >= 4 is 10.0 Å². The summed E-state index contributed by atoms with van der Waals surface area (Å²) in [5.74, 6) is 0.0300. The van der Waals surface area contributed by atoms with Crippen molar-refractivity contribution in [3.05, 3.63) is 0 Å². The van der Waals surface area contributed by atoms with Gasteiger partial charge in [0.15, 0.2) is 12.6 Å². The Bertz CT molecular complexity index is 419. The molecule has 0 N–H and O–H groups in total. The predicted octanol–water partition coefficient (Wildman–Crippen LogP) is 0.943. The maximum absolute atomic E-state index is 12.6. The van der Waals surface area contributed by atoms with Gasteiger partial charge in [-0.25, -0.2) is 8.42 Å². The first-order valence-corrected chi connectivity index (χ1v) is 9.46. The second kappa shape index (κ2) is 8.56. The molecule has 0 saturated carbocycles. The summed E-state index contributed by atoms with van der Waals surface area (Å²) in [6.45, 7) is 1.76. The number of piperidine rings is 1. The Labute approximate surface area is 132 Å². The van der Waals surface area contributed by atoms with Gasteiger partial charge in [0, 0.05) is 39.6 Å². The van der Waals surface area contributed by atoms with Crippen LogP contribution in [0.1, 0.15) is 32.1 Å². The third kappa shape index (κ3) is 4.87. The van der Waals surface area contributed by atoms with Gasteiger partial charge in [-0.3, -0.25) is 0 Å². The summed E-state index contributed by atoms with van der Waals surface area (Å²) >= 11 is 0. The Morgan fingerprint density at radius 1 is 1.18 bits per heavy atom. The lowest BCUT2D eigenvalue weighted by Gasteiger charge is -2.35. The lowest BCUT2D eigenvalue weighted by molar-refractivity contribution is -0.102. The highest BCUT2D eigenvalue weighted by atomic mass is 32.2. The van der Waals surface area contributed by atoms with Crippen LogP contribution in [0.15, 0.2) is 0 Å². The van der Waals surface area contributed by atoms with Gasteiger partial charge in [0.05, 0.1) is 19.0 Å². The molecule has 0 aromatic rings. The third-order valence-electron chi connectivity index (χ3n) is 4.22. The molecule has 0 bridgehead atoms. The maximum atomic E-state index is 12.6. The Morgan fingerprint density at radius 3 is 2.50 bits per heavy atom. The number of ether oxygens (including phenoxy) is 4. The monoisotopic (exact) mass is 337 g/mol. The van der Waals surface area contributed by atoms with Crippen LogP contribution in [-0.4, -0.2) is 71.1 Å². The van der Waals surface area contributed by atoms with Crippen molar-refractivity contribution in [2.24, 2.45) is 0 Å². The molecule has 0 aromatic heterocycles. The van der Waals surface area contributed by atoms with Crippen LogP contribution >= 0.6 is 0 Å². The van der Waals surface area contributed by atoms with Gasteiger partial charge in [0.1, 0.15) is 0 Å². The van der Waals surface area contributed by atoms with Gasteiger partial charge < -0.3 is 18.9 Å². The molecule has 0 radical (unpaired) electrons. The molecule has 0 aromatic carbocycles. The van der Waals surface area contributed by atoms with Crippen LogP contribution in [0.3, 0.4) is 0 Å². The lowest BCUT2D eigenvalue weighted by atomic mass is 10.0. The molecule has 7 nitrogen and oxygen atoms in total. The molecule has 1 unspecified atom stereocenters. The molecule has 2 heterocycles. The number of methoxy groups -OCH3 is 2. The molecule has 22 heavy (non-hydrogen) atoms. The van der Waals surface area contributed by atoms with Crippen molar-refractivity contribution in [1.82, 2.24) is 4.31 Å². The first kappa shape index (κ1) is 18.1. The van der Waals surface area contributed by atoms with E-state index in [4.69, 9.17) is 18.9 Å². The minimum Gasteiger partial charge on any atom is -0.356 e. The normalized spacial score (nSPS) is 25.1. The zero-order valence-electron chi connectivity index (χ0n) is 13.4. The van der Waals surface area contributed by atoms with E-state index in [0.29, 0.717) is 32.6 Å². The molecule has 0 amide bonds. The topological polar surface area (TPSA) is 74.3 Å². The molecule has 2 aliphatic rings. The van der Waals surface area contributed by atoms with Crippen molar-refractivity contribution in [1.29, 1.82) is 0 Å². The standard InChI is InChI=1S/C14H27NO6S/c1-18-13(19-2)6-10-22(16,17)15-7-4-3-5-12(15)11-14-20-8-9-21-14/h12-14H,3-11H2,1-2H3. The van der Waals surface area contributed by atoms with Gasteiger partial charge in [-0.1, -0.05) is 6.42 Å². The van der Waals surface area contributed by atoms with Gasteiger partial charge in [0.25, 0.3) is 0 Å². The molecule has 0 spiro atoms. The molecule has 130 valence electrons. The average molecular weight is 337 g/mol. The van der Waals surface area contributed by atoms with Gasteiger partial charge in [0.2, 0.25) is 10.0 Å². The molecule has 0 aliphatic carbocycles. The minimum atomic E-state index is -3.33. The molecule has 2 rings (SSSR count). The minimum absolute atomic E-state index is 0.0300. The summed E-state index contributed by atoms with van der Waals surface area (Å²) in [4.78, 5) is 0. The van der Waals surface area contributed by atoms with Crippen LogP contribution in [0.4, 0.5) is 0 Å². The molecule has 2 aliphatic heterocycles. The second-order valence-corrected chi connectivity index (χ2v) is 7.71. The number of hydrogen-bond acceptors (Lipinski definition) is 6. The summed E-state index contributed by atoms with van der Waals surface area (Å²) < 4.78 is 48.0. The van der Waals surface area contributed by atoms with Gasteiger partial charge >= 0.3 is 0 Å². The Kier molecular flexibility index (Phi) is 7.04. The van der Waals surface area contributed by atoms with Crippen LogP contribution in [0.5, 0.6) is 0 Å². The van der Waals surface area contributed by atoms with Gasteiger partial charge in [-0.2, -0.15) is 4.31 Å². The molecular formula is C14H27NO6S. The smallest absolute Gasteiger partial charge is 0.214 e. The fourth-order valence-corrected chi connectivity index (χ4v) is 4.81. The summed E-state index contributed by atoms with van der Waals surface area (Å²) in [6, 6.07) is -0.0367. The molecule has 1 atom stereocenters. The third-order valence-corrected chi connectivity index (χ3v) is 6.17. The molecule has 2 fully saturated rings. The zero-order valence-corrected chi connectivity index (χ0v) is 14.2. The molecule has 8 heteroatoms. The number of sulfonamides is 1. The Balaban J connectivity index is 1.95. The highest BCUT2D eigenvalue weighted by molar-refractivity contribution is 7.89. The lowest BCUT2D eigenvalue weighted by Crippen LogP contribution is -2.46. The van der Waals surface area contributed by atoms with E-state index in [1.54, 1.807) is 4.31 Å². The van der Waals surface area contributed by atoms with Crippen molar-refractivity contribution in [3.8, 4) is 0 Å². The fourth-order valence-electron chi connectivity index (χ4n) is 3.04. The van der Waals surface area contributed by atoms with Crippen molar-refractivity contribution in [2.45, 2.75) is 50.7 Å². The summed E-state index contributed by atoms with van der Waals surface area (Å²) in [6.07, 6.45) is 2.99. The number of hydrogen-bond donors (Lipinski definition) is 0. The zero-order chi connectivity index (χ0) is 16.0. The highest BCUT2D eigenvalue weighted by Gasteiger charge is 2.35. The SMILES string of the molecule is COC(CCS(=O)(=O)N1CCCCC1CC1OCCO1)OC. The van der Waals surface area contributed by atoms with Crippen molar-refractivity contribution in [3.63, 3.8) is 0 Å². The number of rotatable bonds is 8. The van der Waals surface area contributed by atoms with E-state index in [1.165, 1.54) is 14.2 Å². The van der Waals surface area contributed by atoms with Crippen LogP contribution in [0.2, 0.25) is 0 Å². The van der Waals surface area contributed by atoms with Crippen molar-refractivity contribution < 1.29 is 27.4 Å². The second-order valence-electron chi connectivity index (χ2n) is 5.67. The van der Waals surface area contributed by atoms with Gasteiger partial charge in [-0.15, -0.1) is 0 Å². The van der Waals surface area contributed by atoms with Crippen LogP contribution in [0.25, 0.3) is 0 Å². The van der Waals surface area contributed by atoms with E-state index in [2.05, 4.69) is 0 Å². The maximum Gasteiger partial charge on any atom is 0.214 e. The average Bonchev–Trinajstić information content (AvgIpc) is 3.01. The first-order chi connectivity index (χ1) is 10.6. The first-order valence-electron chi connectivity index (χ1n) is 7.85. The Hall–Kier alpha value is -0.250. The van der Waals surface area contributed by atoms with E-state index in [1.807, 2.05) is 0 Å². The van der Waals surface area contributed by atoms with Crippen molar-refractivity contribution in [2.75, 3.05) is 39.7 Å².